The van der Waals surface area contributed by atoms with Gasteiger partial charge in [0.1, 0.15) is 13.2 Å². The van der Waals surface area contributed by atoms with Crippen molar-refractivity contribution in [2.45, 2.75) is 334 Å². The molecule has 0 saturated heterocycles. The minimum Gasteiger partial charge on any atom is -0.545 e. The molecule has 2 unspecified atom stereocenters. The number of unbranched alkanes of at least 4 members (excludes halogenated alkanes) is 40. The first-order valence-corrected chi connectivity index (χ1v) is 33.8. The number of nitrogens with zero attached hydrogens (tertiary/aromatic N) is 1. The molecule has 79 heavy (non-hydrogen) atoms. The van der Waals surface area contributed by atoms with Crippen LogP contribution in [0.5, 0.6) is 0 Å². The van der Waals surface area contributed by atoms with Gasteiger partial charge in [-0.3, -0.25) is 9.59 Å². The Morgan fingerprint density at radius 1 is 0.392 bits per heavy atom. The molecule has 0 amide bonds. The molecule has 0 fully saturated rings. The summed E-state index contributed by atoms with van der Waals surface area (Å²) in [5.41, 5.74) is 0. The predicted octanol–water partition coefficient (Wildman–Crippen LogP) is 19.2. The van der Waals surface area contributed by atoms with Crippen molar-refractivity contribution in [2.24, 2.45) is 0 Å². The fraction of sp³-hybridized carbons (Fsp3) is 0.843. The third-order valence-corrected chi connectivity index (χ3v) is 15.1. The summed E-state index contributed by atoms with van der Waals surface area (Å²) in [6.45, 7) is 4.65. The first-order valence-electron chi connectivity index (χ1n) is 33.8. The molecule has 0 aromatic heterocycles. The Balaban J connectivity index is 3.91. The Hall–Kier alpha value is -2.75. The second-order valence-electron chi connectivity index (χ2n) is 24.1. The Kier molecular flexibility index (Phi) is 59.2. The minimum atomic E-state index is -1.63. The van der Waals surface area contributed by atoms with Gasteiger partial charge in [0.25, 0.3) is 0 Å². The molecule has 0 aliphatic carbocycles. The van der Waals surface area contributed by atoms with E-state index in [0.29, 0.717) is 23.9 Å². The fourth-order valence-corrected chi connectivity index (χ4v) is 9.90. The van der Waals surface area contributed by atoms with Crippen LogP contribution in [0.3, 0.4) is 0 Å². The van der Waals surface area contributed by atoms with Gasteiger partial charge in [0.2, 0.25) is 0 Å². The first kappa shape index (κ1) is 76.2. The number of hydrogen-bond acceptors (Lipinski definition) is 8. The zero-order valence-electron chi connectivity index (χ0n) is 52.8. The number of carbonyl (C=O) groups excluding carboxylic acids is 3. The number of carboxylic acid groups (broad SMARTS) is 1. The van der Waals surface area contributed by atoms with Gasteiger partial charge in [0, 0.05) is 12.8 Å². The molecule has 0 heterocycles. The fourth-order valence-electron chi connectivity index (χ4n) is 9.90. The van der Waals surface area contributed by atoms with Gasteiger partial charge in [-0.2, -0.15) is 0 Å². The molecule has 9 nitrogen and oxygen atoms in total. The average Bonchev–Trinajstić information content (AvgIpc) is 3.42. The highest BCUT2D eigenvalue weighted by atomic mass is 16.7. The van der Waals surface area contributed by atoms with E-state index >= 15 is 0 Å². The molecule has 0 aliphatic rings. The monoisotopic (exact) mass is 1110 g/mol. The quantitative estimate of drug-likeness (QED) is 0.0195. The normalized spacial score (nSPS) is 13.0. The third-order valence-electron chi connectivity index (χ3n) is 15.1. The smallest absolute Gasteiger partial charge is 0.306 e. The lowest BCUT2D eigenvalue weighted by atomic mass is 10.0. The van der Waals surface area contributed by atoms with Gasteiger partial charge >= 0.3 is 11.9 Å². The number of aliphatic carboxylic acids is 1. The molecule has 462 valence electrons. The summed E-state index contributed by atoms with van der Waals surface area (Å²) in [7, 11) is 5.92. The van der Waals surface area contributed by atoms with E-state index in [0.717, 1.165) is 70.6 Å². The molecular weight excluding hydrogens is 983 g/mol. The van der Waals surface area contributed by atoms with E-state index in [4.69, 9.17) is 18.9 Å². The molecule has 0 N–H and O–H groups in total. The highest BCUT2D eigenvalue weighted by molar-refractivity contribution is 5.70. The number of esters is 2. The Morgan fingerprint density at radius 2 is 0.722 bits per heavy atom. The summed E-state index contributed by atoms with van der Waals surface area (Å²) in [6.07, 6.45) is 75.1. The summed E-state index contributed by atoms with van der Waals surface area (Å²) >= 11 is 0. The van der Waals surface area contributed by atoms with Crippen LogP contribution in [0.2, 0.25) is 0 Å². The van der Waals surface area contributed by atoms with Crippen LogP contribution in [0.4, 0.5) is 0 Å². The molecular formula is C70H129NO8. The summed E-state index contributed by atoms with van der Waals surface area (Å²) < 4.78 is 22.7. The molecule has 9 heteroatoms. The van der Waals surface area contributed by atoms with Crippen molar-refractivity contribution in [1.82, 2.24) is 0 Å². The van der Waals surface area contributed by atoms with Crippen LogP contribution in [0.15, 0.2) is 48.6 Å². The van der Waals surface area contributed by atoms with Crippen LogP contribution in [0, 0.1) is 0 Å². The lowest BCUT2D eigenvalue weighted by molar-refractivity contribution is -0.870. The number of carboxylic acids is 1. The van der Waals surface area contributed by atoms with E-state index < -0.39 is 24.3 Å². The van der Waals surface area contributed by atoms with E-state index in [9.17, 15) is 19.5 Å². The molecule has 0 spiro atoms. The van der Waals surface area contributed by atoms with E-state index in [2.05, 4.69) is 62.5 Å². The zero-order valence-corrected chi connectivity index (χ0v) is 52.8. The molecule has 0 aromatic carbocycles. The lowest BCUT2D eigenvalue weighted by Crippen LogP contribution is -2.44. The van der Waals surface area contributed by atoms with Crippen LogP contribution in [-0.4, -0.2) is 82.3 Å². The maximum Gasteiger partial charge on any atom is 0.306 e. The van der Waals surface area contributed by atoms with Crippen molar-refractivity contribution >= 4 is 17.9 Å². The number of allylic oxidation sites excluding steroid dienone is 8. The summed E-state index contributed by atoms with van der Waals surface area (Å²) in [5, 5.41) is 11.8. The number of rotatable bonds is 63. The van der Waals surface area contributed by atoms with Crippen LogP contribution < -0.4 is 5.11 Å². The SMILES string of the molecule is CC/C=C\C/C=C\C/C=C\CCCCCCCC(=O)OC(COC(=O)CCCCCCCCCCCCCCCCCCCCCCCCCCCCC/C=C\CCCCCCCCCC)COC(OCC[N+](C)(C)C)C(=O)[O-]. The zero-order chi connectivity index (χ0) is 57.6. The molecule has 0 bridgehead atoms. The van der Waals surface area contributed by atoms with Crippen LogP contribution >= 0.6 is 0 Å². The molecule has 0 saturated carbocycles. The number of quaternary nitrogens is 1. The van der Waals surface area contributed by atoms with Crippen molar-refractivity contribution in [3.05, 3.63) is 48.6 Å². The largest absolute Gasteiger partial charge is 0.545 e. The van der Waals surface area contributed by atoms with Crippen molar-refractivity contribution in [1.29, 1.82) is 0 Å². The highest BCUT2D eigenvalue weighted by Crippen LogP contribution is 2.18. The van der Waals surface area contributed by atoms with Crippen molar-refractivity contribution < 1.29 is 42.9 Å². The Bertz CT molecular complexity index is 1430. The van der Waals surface area contributed by atoms with E-state index in [1.54, 1.807) is 0 Å². The Morgan fingerprint density at radius 3 is 1.09 bits per heavy atom. The van der Waals surface area contributed by atoms with Gasteiger partial charge in [-0.25, -0.2) is 0 Å². The molecule has 0 rings (SSSR count). The maximum absolute atomic E-state index is 12.8. The standard InChI is InChI=1S/C70H129NO8/c1-6-8-10-12-14-16-18-20-22-23-24-25-26-27-28-29-30-31-32-33-34-35-36-37-38-39-40-41-42-43-44-45-47-48-50-52-54-56-58-60-67(72)77-64-66(65-78-70(69(74)75)76-63-62-71(3,4)5)79-68(73)61-59-57-55-53-51-49-46-21-19-17-15-13-11-9-7-2/h9,11,15,17,21,23-24,46,66,70H,6-8,10,12-14,16,18-20,22,25-45,47-65H2,1-5H3/b11-9-,17-15-,24-23-,46-21-. The Labute approximate surface area is 489 Å². The molecule has 2 atom stereocenters. The van der Waals surface area contributed by atoms with Gasteiger partial charge in [-0.05, 0) is 70.6 Å². The molecule has 0 radical (unpaired) electrons. The van der Waals surface area contributed by atoms with Gasteiger partial charge in [-0.1, -0.05) is 287 Å². The van der Waals surface area contributed by atoms with E-state index in [1.807, 2.05) is 21.1 Å². The van der Waals surface area contributed by atoms with E-state index in [-0.39, 0.29) is 32.2 Å². The molecule has 0 aliphatic heterocycles. The van der Waals surface area contributed by atoms with Crippen molar-refractivity contribution in [3.8, 4) is 0 Å². The van der Waals surface area contributed by atoms with Crippen molar-refractivity contribution in [2.75, 3.05) is 47.5 Å². The molecule has 0 aromatic rings. The number of likely N-dealkylation sites (N-methyl/N-ethyl adjacent to an activating group) is 1. The summed E-state index contributed by atoms with van der Waals surface area (Å²) in [5.74, 6) is -2.29. The maximum atomic E-state index is 12.8. The van der Waals surface area contributed by atoms with Gasteiger partial charge in [-0.15, -0.1) is 0 Å². The lowest BCUT2D eigenvalue weighted by Gasteiger charge is -2.26. The summed E-state index contributed by atoms with van der Waals surface area (Å²) in [4.78, 5) is 37.3. The highest BCUT2D eigenvalue weighted by Gasteiger charge is 2.22. The number of hydrogen-bond donors (Lipinski definition) is 0. The van der Waals surface area contributed by atoms with Gasteiger partial charge < -0.3 is 33.3 Å². The van der Waals surface area contributed by atoms with Gasteiger partial charge in [0.15, 0.2) is 12.4 Å². The van der Waals surface area contributed by atoms with Crippen molar-refractivity contribution in [3.63, 3.8) is 0 Å². The minimum absolute atomic E-state index is 0.144. The topological polar surface area (TPSA) is 111 Å². The number of carbonyl (C=O) groups is 3. The van der Waals surface area contributed by atoms with Gasteiger partial charge in [0.05, 0.1) is 40.3 Å². The first-order chi connectivity index (χ1) is 38.6. The van der Waals surface area contributed by atoms with Crippen LogP contribution in [-0.2, 0) is 33.3 Å². The second-order valence-corrected chi connectivity index (χ2v) is 24.1. The number of ether oxygens (including phenoxy) is 4. The second kappa shape index (κ2) is 61.3. The predicted molar refractivity (Wildman–Crippen MR) is 334 cm³/mol. The van der Waals surface area contributed by atoms with Crippen LogP contribution in [0.1, 0.15) is 322 Å². The summed E-state index contributed by atoms with van der Waals surface area (Å²) in [6, 6.07) is 0. The third kappa shape index (κ3) is 62.7. The average molecular weight is 1110 g/mol. The van der Waals surface area contributed by atoms with Crippen LogP contribution in [0.25, 0.3) is 0 Å². The van der Waals surface area contributed by atoms with E-state index in [1.165, 1.54) is 218 Å².